The van der Waals surface area contributed by atoms with Gasteiger partial charge in [0.2, 0.25) is 5.91 Å². The fraction of sp³-hybridized carbons (Fsp3) is 0.900. The third kappa shape index (κ3) is 4.15. The van der Waals surface area contributed by atoms with E-state index in [0.29, 0.717) is 32.1 Å². The summed E-state index contributed by atoms with van der Waals surface area (Å²) in [5.41, 5.74) is 5.28. The molecule has 2 unspecified atom stereocenters. The highest BCUT2D eigenvalue weighted by atomic mass is 16.3. The Hall–Kier alpha value is -0.650. The lowest BCUT2D eigenvalue weighted by Gasteiger charge is -2.33. The molecule has 1 heterocycles. The van der Waals surface area contributed by atoms with Crippen molar-refractivity contribution in [2.75, 3.05) is 32.7 Å². The van der Waals surface area contributed by atoms with Gasteiger partial charge in [-0.2, -0.15) is 0 Å². The Bertz CT molecular complexity index is 211. The molecule has 0 aliphatic carbocycles. The minimum absolute atomic E-state index is 0.0118. The topological polar surface area (TPSA) is 78.6 Å². The summed E-state index contributed by atoms with van der Waals surface area (Å²) in [6.45, 7) is 4.86. The molecule has 1 aliphatic rings. The van der Waals surface area contributed by atoms with Crippen molar-refractivity contribution in [2.45, 2.75) is 19.4 Å². The van der Waals surface area contributed by atoms with E-state index in [1.165, 1.54) is 0 Å². The number of nitrogens with one attached hydrogen (secondary N) is 1. The molecule has 4 N–H and O–H groups in total. The molecule has 0 spiro atoms. The summed E-state index contributed by atoms with van der Waals surface area (Å²) in [5, 5.41) is 12.4. The molecule has 5 nitrogen and oxygen atoms in total. The van der Waals surface area contributed by atoms with Crippen LogP contribution in [0.2, 0.25) is 0 Å². The third-order valence-electron chi connectivity index (χ3n) is 2.84. The Labute approximate surface area is 90.6 Å². The molecular weight excluding hydrogens is 194 g/mol. The van der Waals surface area contributed by atoms with Gasteiger partial charge in [-0.05, 0) is 18.9 Å². The van der Waals surface area contributed by atoms with Crippen LogP contribution in [0.4, 0.5) is 0 Å². The number of nitrogens with zero attached hydrogens (tertiary/aromatic N) is 1. The molecular formula is C10H21N3O2. The first-order valence-corrected chi connectivity index (χ1v) is 5.50. The van der Waals surface area contributed by atoms with E-state index in [1.807, 2.05) is 11.8 Å². The molecule has 1 aliphatic heterocycles. The van der Waals surface area contributed by atoms with Crippen LogP contribution in [0.3, 0.4) is 0 Å². The van der Waals surface area contributed by atoms with Gasteiger partial charge in [-0.15, -0.1) is 0 Å². The number of amides is 1. The number of rotatable bonds is 4. The number of likely N-dealkylation sites (tertiary alicyclic amines) is 1. The number of piperidine rings is 1. The summed E-state index contributed by atoms with van der Waals surface area (Å²) in [5.74, 6) is 0.329. The molecule has 1 saturated heterocycles. The summed E-state index contributed by atoms with van der Waals surface area (Å²) >= 11 is 0. The van der Waals surface area contributed by atoms with Crippen LogP contribution < -0.4 is 11.1 Å². The number of carbonyl (C=O) groups is 1. The molecule has 2 atom stereocenters. The predicted octanol–water partition coefficient (Wildman–Crippen LogP) is -1.24. The molecule has 1 fully saturated rings. The molecule has 0 aromatic heterocycles. The number of carbonyl (C=O) groups excluding carboxylic acids is 1. The highest BCUT2D eigenvalue weighted by Crippen LogP contribution is 2.16. The molecule has 15 heavy (non-hydrogen) atoms. The van der Waals surface area contributed by atoms with Gasteiger partial charge in [0.15, 0.2) is 0 Å². The lowest BCUT2D eigenvalue weighted by Crippen LogP contribution is -2.47. The second-order valence-electron chi connectivity index (χ2n) is 4.21. The lowest BCUT2D eigenvalue weighted by molar-refractivity contribution is -0.123. The number of β-amino-alcohol motifs (C(OH)–C–C–N with tert-alkyl or cyclic N) is 1. The molecule has 0 aromatic rings. The van der Waals surface area contributed by atoms with Gasteiger partial charge in [0.25, 0.3) is 0 Å². The Morgan fingerprint density at radius 1 is 1.67 bits per heavy atom. The van der Waals surface area contributed by atoms with Gasteiger partial charge < -0.3 is 16.2 Å². The number of hydrogen-bond acceptors (Lipinski definition) is 4. The van der Waals surface area contributed by atoms with E-state index in [2.05, 4.69) is 5.32 Å². The molecule has 1 amide bonds. The van der Waals surface area contributed by atoms with Gasteiger partial charge in [-0.3, -0.25) is 9.69 Å². The van der Waals surface area contributed by atoms with Crippen LogP contribution in [-0.2, 0) is 4.79 Å². The third-order valence-corrected chi connectivity index (χ3v) is 2.84. The SMILES string of the molecule is CC1CCN(CC(=O)NCCN)CC1O. The van der Waals surface area contributed by atoms with Crippen LogP contribution >= 0.6 is 0 Å². The summed E-state index contributed by atoms with van der Waals surface area (Å²) in [6, 6.07) is 0. The minimum atomic E-state index is -0.305. The summed E-state index contributed by atoms with van der Waals surface area (Å²) in [7, 11) is 0. The monoisotopic (exact) mass is 215 g/mol. The van der Waals surface area contributed by atoms with E-state index in [-0.39, 0.29) is 12.0 Å². The van der Waals surface area contributed by atoms with Crippen molar-refractivity contribution < 1.29 is 9.90 Å². The summed E-state index contributed by atoms with van der Waals surface area (Å²) < 4.78 is 0. The minimum Gasteiger partial charge on any atom is -0.392 e. The maximum Gasteiger partial charge on any atom is 0.234 e. The van der Waals surface area contributed by atoms with Crippen molar-refractivity contribution >= 4 is 5.91 Å². The van der Waals surface area contributed by atoms with Crippen molar-refractivity contribution in [2.24, 2.45) is 11.7 Å². The van der Waals surface area contributed by atoms with Gasteiger partial charge in [0, 0.05) is 19.6 Å². The maximum absolute atomic E-state index is 11.4. The average molecular weight is 215 g/mol. The molecule has 88 valence electrons. The van der Waals surface area contributed by atoms with Crippen molar-refractivity contribution in [3.05, 3.63) is 0 Å². The predicted molar refractivity (Wildman–Crippen MR) is 58.3 cm³/mol. The van der Waals surface area contributed by atoms with E-state index in [9.17, 15) is 9.90 Å². The molecule has 1 rings (SSSR count). The number of hydrogen-bond donors (Lipinski definition) is 3. The van der Waals surface area contributed by atoms with Crippen molar-refractivity contribution in [3.63, 3.8) is 0 Å². The normalized spacial score (nSPS) is 27.7. The van der Waals surface area contributed by atoms with Gasteiger partial charge >= 0.3 is 0 Å². The van der Waals surface area contributed by atoms with Crippen molar-refractivity contribution in [3.8, 4) is 0 Å². The van der Waals surface area contributed by atoms with E-state index in [4.69, 9.17) is 5.73 Å². The first-order chi connectivity index (χ1) is 7.13. The lowest BCUT2D eigenvalue weighted by atomic mass is 9.96. The fourth-order valence-electron chi connectivity index (χ4n) is 1.73. The molecule has 0 bridgehead atoms. The average Bonchev–Trinajstić information content (AvgIpc) is 2.20. The molecule has 0 aromatic carbocycles. The van der Waals surface area contributed by atoms with Crippen LogP contribution in [0.15, 0.2) is 0 Å². The second kappa shape index (κ2) is 6.05. The van der Waals surface area contributed by atoms with Crippen LogP contribution in [0.25, 0.3) is 0 Å². The smallest absolute Gasteiger partial charge is 0.234 e. The van der Waals surface area contributed by atoms with Crippen LogP contribution in [-0.4, -0.2) is 54.7 Å². The zero-order valence-electron chi connectivity index (χ0n) is 9.28. The largest absolute Gasteiger partial charge is 0.392 e. The fourth-order valence-corrected chi connectivity index (χ4v) is 1.73. The zero-order valence-corrected chi connectivity index (χ0v) is 9.28. The number of aliphatic hydroxyl groups is 1. The quantitative estimate of drug-likeness (QED) is 0.548. The molecule has 0 saturated carbocycles. The Balaban J connectivity index is 2.24. The number of aliphatic hydroxyl groups excluding tert-OH is 1. The van der Waals surface area contributed by atoms with E-state index in [0.717, 1.165) is 13.0 Å². The van der Waals surface area contributed by atoms with E-state index >= 15 is 0 Å². The molecule has 0 radical (unpaired) electrons. The first kappa shape index (κ1) is 12.4. The van der Waals surface area contributed by atoms with E-state index < -0.39 is 0 Å². The Morgan fingerprint density at radius 3 is 3.00 bits per heavy atom. The van der Waals surface area contributed by atoms with Gasteiger partial charge in [-0.25, -0.2) is 0 Å². The van der Waals surface area contributed by atoms with Crippen molar-refractivity contribution in [1.29, 1.82) is 0 Å². The highest BCUT2D eigenvalue weighted by molar-refractivity contribution is 5.78. The van der Waals surface area contributed by atoms with Gasteiger partial charge in [0.1, 0.15) is 0 Å². The first-order valence-electron chi connectivity index (χ1n) is 5.50. The van der Waals surface area contributed by atoms with Crippen LogP contribution in [0.1, 0.15) is 13.3 Å². The standard InChI is InChI=1S/C10H21N3O2/c1-8-2-5-13(6-9(8)14)7-10(15)12-4-3-11/h8-9,14H,2-7,11H2,1H3,(H,12,15). The second-order valence-corrected chi connectivity index (χ2v) is 4.21. The highest BCUT2D eigenvalue weighted by Gasteiger charge is 2.25. The van der Waals surface area contributed by atoms with Crippen LogP contribution in [0, 0.1) is 5.92 Å². The van der Waals surface area contributed by atoms with Crippen molar-refractivity contribution in [1.82, 2.24) is 10.2 Å². The maximum atomic E-state index is 11.4. The number of nitrogens with two attached hydrogens (primary N) is 1. The Kier molecular flexibility index (Phi) is 5.01. The van der Waals surface area contributed by atoms with Gasteiger partial charge in [0.05, 0.1) is 12.6 Å². The molecule has 5 heteroatoms. The van der Waals surface area contributed by atoms with Crippen LogP contribution in [0.5, 0.6) is 0 Å². The van der Waals surface area contributed by atoms with Gasteiger partial charge in [-0.1, -0.05) is 6.92 Å². The summed E-state index contributed by atoms with van der Waals surface area (Å²) in [6.07, 6.45) is 0.645. The summed E-state index contributed by atoms with van der Waals surface area (Å²) in [4.78, 5) is 13.4. The Morgan fingerprint density at radius 2 is 2.40 bits per heavy atom. The van der Waals surface area contributed by atoms with E-state index in [1.54, 1.807) is 0 Å². The zero-order chi connectivity index (χ0) is 11.3.